The Morgan fingerprint density at radius 1 is 1.20 bits per heavy atom. The molecule has 0 heterocycles. The second-order valence-corrected chi connectivity index (χ2v) is 6.24. The number of benzene rings is 2. The predicted molar refractivity (Wildman–Crippen MR) is 97.3 cm³/mol. The molecule has 0 amide bonds. The first-order valence-corrected chi connectivity index (χ1v) is 8.32. The van der Waals surface area contributed by atoms with Crippen molar-refractivity contribution >= 4 is 5.97 Å². The molecule has 2 rings (SSSR count). The summed E-state index contributed by atoms with van der Waals surface area (Å²) in [6.45, 7) is 5.44. The molecule has 0 saturated heterocycles. The minimum absolute atomic E-state index is 0.0306. The van der Waals surface area contributed by atoms with Gasteiger partial charge in [-0.1, -0.05) is 30.3 Å². The monoisotopic (exact) mass is 342 g/mol. The molecule has 4 heteroatoms. The van der Waals surface area contributed by atoms with E-state index >= 15 is 0 Å². The van der Waals surface area contributed by atoms with E-state index in [4.69, 9.17) is 9.84 Å². The normalized spacial score (nSPS) is 11.6. The summed E-state index contributed by atoms with van der Waals surface area (Å²) in [4.78, 5) is 10.8. The fraction of sp³-hybridized carbons (Fsp3) is 0.286. The highest BCUT2D eigenvalue weighted by Gasteiger charge is 2.08. The molecular weight excluding hydrogens is 319 g/mol. The van der Waals surface area contributed by atoms with Gasteiger partial charge >= 0.3 is 5.97 Å². The fourth-order valence-corrected chi connectivity index (χ4v) is 2.46. The van der Waals surface area contributed by atoms with Gasteiger partial charge in [-0.3, -0.25) is 0 Å². The summed E-state index contributed by atoms with van der Waals surface area (Å²) in [5.41, 5.74) is 2.72. The Labute approximate surface area is 147 Å². The lowest BCUT2D eigenvalue weighted by atomic mass is 10.0. The number of hydrogen-bond acceptors (Lipinski definition) is 2. The van der Waals surface area contributed by atoms with Gasteiger partial charge in [0.15, 0.2) is 0 Å². The second-order valence-electron chi connectivity index (χ2n) is 6.24. The van der Waals surface area contributed by atoms with Gasteiger partial charge < -0.3 is 9.84 Å². The van der Waals surface area contributed by atoms with Crippen molar-refractivity contribution < 1.29 is 19.0 Å². The van der Waals surface area contributed by atoms with Gasteiger partial charge in [-0.05, 0) is 62.9 Å². The summed E-state index contributed by atoms with van der Waals surface area (Å²) in [7, 11) is 0. The summed E-state index contributed by atoms with van der Waals surface area (Å²) in [5, 5.41) is 8.83. The topological polar surface area (TPSA) is 46.5 Å². The van der Waals surface area contributed by atoms with Crippen LogP contribution in [0.2, 0.25) is 0 Å². The highest BCUT2D eigenvalue weighted by atomic mass is 19.1. The molecule has 132 valence electrons. The highest BCUT2D eigenvalue weighted by molar-refractivity contribution is 5.85. The average Bonchev–Trinajstić information content (AvgIpc) is 2.56. The van der Waals surface area contributed by atoms with E-state index in [0.717, 1.165) is 17.5 Å². The summed E-state index contributed by atoms with van der Waals surface area (Å²) < 4.78 is 19.8. The minimum atomic E-state index is -0.894. The third-order valence-corrected chi connectivity index (χ3v) is 3.80. The summed E-state index contributed by atoms with van der Waals surface area (Å²) in [6.07, 6.45) is 3.14. The fourth-order valence-electron chi connectivity index (χ4n) is 2.46. The molecule has 25 heavy (non-hydrogen) atoms. The first-order valence-electron chi connectivity index (χ1n) is 8.32. The number of carboxylic acids is 1. The van der Waals surface area contributed by atoms with Crippen LogP contribution in [-0.4, -0.2) is 17.2 Å². The van der Waals surface area contributed by atoms with Gasteiger partial charge in [0, 0.05) is 11.1 Å². The molecule has 0 aliphatic heterocycles. The Hall–Kier alpha value is -2.62. The number of aryl methyl sites for hydroxylation is 1. The maximum Gasteiger partial charge on any atom is 0.330 e. The van der Waals surface area contributed by atoms with E-state index in [-0.39, 0.29) is 11.9 Å². The number of hydrogen-bond donors (Lipinski definition) is 1. The van der Waals surface area contributed by atoms with Crippen LogP contribution in [0.5, 0.6) is 5.75 Å². The lowest BCUT2D eigenvalue weighted by molar-refractivity contribution is -0.132. The molecule has 0 fully saturated rings. The van der Waals surface area contributed by atoms with Crippen molar-refractivity contribution in [1.29, 1.82) is 0 Å². The second kappa shape index (κ2) is 8.47. The van der Waals surface area contributed by atoms with E-state index in [1.165, 1.54) is 6.07 Å². The maximum absolute atomic E-state index is 14.1. The van der Waals surface area contributed by atoms with Crippen molar-refractivity contribution in [3.63, 3.8) is 0 Å². The highest BCUT2D eigenvalue weighted by Crippen LogP contribution is 2.28. The number of halogens is 1. The van der Waals surface area contributed by atoms with E-state index in [0.29, 0.717) is 23.3 Å². The van der Waals surface area contributed by atoms with E-state index in [9.17, 15) is 9.18 Å². The summed E-state index contributed by atoms with van der Waals surface area (Å²) in [6, 6.07) is 12.4. The van der Waals surface area contributed by atoms with Gasteiger partial charge in [-0.2, -0.15) is 0 Å². The van der Waals surface area contributed by atoms with Crippen LogP contribution in [-0.2, 0) is 11.2 Å². The molecule has 0 spiro atoms. The van der Waals surface area contributed by atoms with Crippen LogP contribution in [0.3, 0.4) is 0 Å². The largest absolute Gasteiger partial charge is 0.491 e. The SMILES string of the molecule is C/C(=C\CCc1ccc(-c2cc(OC(C)C)ccc2F)cc1)C(=O)O. The summed E-state index contributed by atoms with van der Waals surface area (Å²) in [5.74, 6) is -0.539. The molecule has 0 aliphatic rings. The maximum atomic E-state index is 14.1. The van der Waals surface area contributed by atoms with Gasteiger partial charge in [-0.25, -0.2) is 9.18 Å². The quantitative estimate of drug-likeness (QED) is 0.700. The number of aliphatic carboxylic acids is 1. The Morgan fingerprint density at radius 3 is 2.48 bits per heavy atom. The molecular formula is C21H23FO3. The number of carboxylic acid groups (broad SMARTS) is 1. The lowest BCUT2D eigenvalue weighted by Gasteiger charge is -2.12. The molecule has 0 aromatic heterocycles. The van der Waals surface area contributed by atoms with Crippen molar-refractivity contribution in [2.24, 2.45) is 0 Å². The zero-order valence-electron chi connectivity index (χ0n) is 14.8. The summed E-state index contributed by atoms with van der Waals surface area (Å²) >= 11 is 0. The van der Waals surface area contributed by atoms with Crippen LogP contribution < -0.4 is 4.74 Å². The van der Waals surface area contributed by atoms with Crippen molar-refractivity contribution in [2.45, 2.75) is 39.7 Å². The third kappa shape index (κ3) is 5.45. The molecule has 0 saturated carbocycles. The van der Waals surface area contributed by atoms with Crippen LogP contribution >= 0.6 is 0 Å². The van der Waals surface area contributed by atoms with Crippen molar-refractivity contribution in [3.05, 3.63) is 65.5 Å². The van der Waals surface area contributed by atoms with Crippen LogP contribution in [0.4, 0.5) is 4.39 Å². The predicted octanol–water partition coefficient (Wildman–Crippen LogP) is 5.24. The Balaban J connectivity index is 2.12. The standard InChI is InChI=1S/C21H23FO3/c1-14(2)25-18-11-12-20(22)19(13-18)17-9-7-16(8-10-17)6-4-5-15(3)21(23)24/h5,7-14H,4,6H2,1-3H3,(H,23,24)/b15-5+. The van der Waals surface area contributed by atoms with Crippen LogP contribution in [0.25, 0.3) is 11.1 Å². The molecule has 0 atom stereocenters. The van der Waals surface area contributed by atoms with Crippen molar-refractivity contribution in [2.75, 3.05) is 0 Å². The van der Waals surface area contributed by atoms with Crippen molar-refractivity contribution in [3.8, 4) is 16.9 Å². The van der Waals surface area contributed by atoms with Crippen LogP contribution in [0, 0.1) is 5.82 Å². The lowest BCUT2D eigenvalue weighted by Crippen LogP contribution is -2.05. The number of rotatable bonds is 7. The average molecular weight is 342 g/mol. The molecule has 3 nitrogen and oxygen atoms in total. The van der Waals surface area contributed by atoms with Crippen molar-refractivity contribution in [1.82, 2.24) is 0 Å². The van der Waals surface area contributed by atoms with Crippen LogP contribution in [0.1, 0.15) is 32.8 Å². The van der Waals surface area contributed by atoms with Gasteiger partial charge in [0.1, 0.15) is 11.6 Å². The Bertz CT molecular complexity index is 761. The minimum Gasteiger partial charge on any atom is -0.491 e. The molecule has 2 aromatic carbocycles. The number of allylic oxidation sites excluding steroid dienone is 1. The van der Waals surface area contributed by atoms with E-state index in [1.807, 2.05) is 38.1 Å². The van der Waals surface area contributed by atoms with E-state index in [1.54, 1.807) is 25.1 Å². The van der Waals surface area contributed by atoms with E-state index in [2.05, 4.69) is 0 Å². The third-order valence-electron chi connectivity index (χ3n) is 3.80. The zero-order valence-corrected chi connectivity index (χ0v) is 14.8. The molecule has 0 bridgehead atoms. The Morgan fingerprint density at radius 2 is 1.88 bits per heavy atom. The molecule has 1 N–H and O–H groups in total. The molecule has 0 radical (unpaired) electrons. The van der Waals surface area contributed by atoms with Gasteiger partial charge in [0.05, 0.1) is 6.10 Å². The van der Waals surface area contributed by atoms with Gasteiger partial charge in [-0.15, -0.1) is 0 Å². The zero-order chi connectivity index (χ0) is 18.4. The first kappa shape index (κ1) is 18.7. The first-order chi connectivity index (χ1) is 11.9. The smallest absolute Gasteiger partial charge is 0.330 e. The molecule has 2 aromatic rings. The number of ether oxygens (including phenoxy) is 1. The number of carbonyl (C=O) groups is 1. The van der Waals surface area contributed by atoms with Gasteiger partial charge in [0.2, 0.25) is 0 Å². The Kier molecular flexibility index (Phi) is 6.34. The van der Waals surface area contributed by atoms with E-state index < -0.39 is 5.97 Å². The molecule has 0 aliphatic carbocycles. The van der Waals surface area contributed by atoms with Crippen LogP contribution in [0.15, 0.2) is 54.1 Å². The van der Waals surface area contributed by atoms with Gasteiger partial charge in [0.25, 0.3) is 0 Å². The molecule has 0 unspecified atom stereocenters.